The van der Waals surface area contributed by atoms with E-state index in [2.05, 4.69) is 19.8 Å². The van der Waals surface area contributed by atoms with Gasteiger partial charge in [-0.05, 0) is 17.7 Å². The van der Waals surface area contributed by atoms with Crippen molar-refractivity contribution >= 4 is 28.8 Å². The van der Waals surface area contributed by atoms with Gasteiger partial charge in [0.15, 0.2) is 5.65 Å². The SMILES string of the molecule is COC(=O)c1ccc(CSc2ncnc3c2cnn3C)cc1. The molecule has 0 unspecified atom stereocenters. The molecule has 0 saturated heterocycles. The molecule has 22 heavy (non-hydrogen) atoms. The van der Waals surface area contributed by atoms with E-state index in [4.69, 9.17) is 0 Å². The standard InChI is InChI=1S/C15H14N4O2S/c1-19-13-12(7-18-19)14(17-9-16-13)22-8-10-3-5-11(6-4-10)15(20)21-2/h3-7,9H,8H2,1-2H3. The second-order valence-corrected chi connectivity index (χ2v) is 5.63. The monoisotopic (exact) mass is 314 g/mol. The lowest BCUT2D eigenvalue weighted by Crippen LogP contribution is -2.00. The maximum absolute atomic E-state index is 11.4. The normalized spacial score (nSPS) is 10.8. The number of thioether (sulfide) groups is 1. The molecule has 0 N–H and O–H groups in total. The molecule has 3 rings (SSSR count). The molecule has 2 aromatic heterocycles. The molecule has 0 spiro atoms. The van der Waals surface area contributed by atoms with Crippen LogP contribution in [0.2, 0.25) is 0 Å². The molecule has 0 radical (unpaired) electrons. The lowest BCUT2D eigenvalue weighted by molar-refractivity contribution is 0.0600. The summed E-state index contributed by atoms with van der Waals surface area (Å²) in [4.78, 5) is 19.9. The Kier molecular flexibility index (Phi) is 4.06. The van der Waals surface area contributed by atoms with E-state index in [1.54, 1.807) is 41.1 Å². The first-order chi connectivity index (χ1) is 10.7. The molecular formula is C15H14N4O2S. The van der Waals surface area contributed by atoms with E-state index in [0.29, 0.717) is 5.56 Å². The number of aryl methyl sites for hydroxylation is 1. The Bertz CT molecular complexity index is 814. The van der Waals surface area contributed by atoms with E-state index in [9.17, 15) is 4.79 Å². The second-order valence-electron chi connectivity index (χ2n) is 4.66. The van der Waals surface area contributed by atoms with Crippen LogP contribution in [0.1, 0.15) is 15.9 Å². The van der Waals surface area contributed by atoms with Crippen LogP contribution in [0, 0.1) is 0 Å². The lowest BCUT2D eigenvalue weighted by atomic mass is 10.1. The zero-order valence-corrected chi connectivity index (χ0v) is 13.0. The number of ether oxygens (including phenoxy) is 1. The number of carbonyl (C=O) groups excluding carboxylic acids is 1. The summed E-state index contributed by atoms with van der Waals surface area (Å²) in [5.74, 6) is 0.426. The average molecular weight is 314 g/mol. The number of esters is 1. The second kappa shape index (κ2) is 6.15. The molecule has 1 aromatic carbocycles. The lowest BCUT2D eigenvalue weighted by Gasteiger charge is -2.04. The Balaban J connectivity index is 1.75. The minimum absolute atomic E-state index is 0.327. The molecule has 7 heteroatoms. The van der Waals surface area contributed by atoms with Gasteiger partial charge >= 0.3 is 5.97 Å². The number of carbonyl (C=O) groups is 1. The zero-order valence-electron chi connectivity index (χ0n) is 12.2. The number of aromatic nitrogens is 4. The summed E-state index contributed by atoms with van der Waals surface area (Å²) in [6.07, 6.45) is 3.32. The third-order valence-electron chi connectivity index (χ3n) is 3.24. The Morgan fingerprint density at radius 1 is 1.27 bits per heavy atom. The van der Waals surface area contributed by atoms with Gasteiger partial charge < -0.3 is 4.74 Å². The van der Waals surface area contributed by atoms with Crippen molar-refractivity contribution in [3.8, 4) is 0 Å². The van der Waals surface area contributed by atoms with Gasteiger partial charge in [-0.2, -0.15) is 5.10 Å². The van der Waals surface area contributed by atoms with Crippen LogP contribution in [0.3, 0.4) is 0 Å². The molecule has 2 heterocycles. The summed E-state index contributed by atoms with van der Waals surface area (Å²) in [7, 11) is 3.23. The smallest absolute Gasteiger partial charge is 0.337 e. The van der Waals surface area contributed by atoms with Crippen LogP contribution < -0.4 is 0 Å². The van der Waals surface area contributed by atoms with Crippen molar-refractivity contribution in [1.82, 2.24) is 19.7 Å². The number of benzene rings is 1. The van der Waals surface area contributed by atoms with Crippen LogP contribution in [0.5, 0.6) is 0 Å². The maximum atomic E-state index is 11.4. The van der Waals surface area contributed by atoms with Crippen LogP contribution in [0.15, 0.2) is 41.8 Å². The Morgan fingerprint density at radius 3 is 2.77 bits per heavy atom. The summed E-state index contributed by atoms with van der Waals surface area (Å²) in [5.41, 5.74) is 2.47. The minimum atomic E-state index is -0.327. The number of fused-ring (bicyclic) bond motifs is 1. The van der Waals surface area contributed by atoms with E-state index < -0.39 is 0 Å². The van der Waals surface area contributed by atoms with E-state index in [1.165, 1.54) is 7.11 Å². The number of hydrogen-bond donors (Lipinski definition) is 0. The molecular weight excluding hydrogens is 300 g/mol. The topological polar surface area (TPSA) is 69.9 Å². The van der Waals surface area contributed by atoms with E-state index in [-0.39, 0.29) is 5.97 Å². The van der Waals surface area contributed by atoms with Crippen LogP contribution in [0.25, 0.3) is 11.0 Å². The van der Waals surface area contributed by atoms with Crippen molar-refractivity contribution in [3.63, 3.8) is 0 Å². The van der Waals surface area contributed by atoms with E-state index >= 15 is 0 Å². The van der Waals surface area contributed by atoms with Crippen molar-refractivity contribution in [1.29, 1.82) is 0 Å². The van der Waals surface area contributed by atoms with Gasteiger partial charge in [0.05, 0.1) is 24.3 Å². The van der Waals surface area contributed by atoms with Gasteiger partial charge in [-0.1, -0.05) is 12.1 Å². The average Bonchev–Trinajstić information content (AvgIpc) is 2.95. The molecule has 0 aliphatic rings. The molecule has 0 fully saturated rings. The van der Waals surface area contributed by atoms with Crippen LogP contribution in [0.4, 0.5) is 0 Å². The molecule has 0 saturated carbocycles. The Morgan fingerprint density at radius 2 is 2.05 bits per heavy atom. The van der Waals surface area contributed by atoms with Crippen LogP contribution in [-0.2, 0) is 17.5 Å². The van der Waals surface area contributed by atoms with Gasteiger partial charge in [0, 0.05) is 12.8 Å². The van der Waals surface area contributed by atoms with Crippen LogP contribution in [-0.4, -0.2) is 32.8 Å². The van der Waals surface area contributed by atoms with E-state index in [0.717, 1.165) is 27.4 Å². The maximum Gasteiger partial charge on any atom is 0.337 e. The highest BCUT2D eigenvalue weighted by molar-refractivity contribution is 7.98. The summed E-state index contributed by atoms with van der Waals surface area (Å²) >= 11 is 1.62. The molecule has 0 atom stereocenters. The highest BCUT2D eigenvalue weighted by Gasteiger charge is 2.09. The molecule has 6 nitrogen and oxygen atoms in total. The zero-order chi connectivity index (χ0) is 15.5. The number of nitrogens with zero attached hydrogens (tertiary/aromatic N) is 4. The number of rotatable bonds is 4. The predicted octanol–water partition coefficient (Wildman–Crippen LogP) is 2.44. The first-order valence-electron chi connectivity index (χ1n) is 6.62. The molecule has 112 valence electrons. The molecule has 0 aliphatic carbocycles. The van der Waals surface area contributed by atoms with Crippen molar-refractivity contribution < 1.29 is 9.53 Å². The van der Waals surface area contributed by atoms with Crippen molar-refractivity contribution in [2.75, 3.05) is 7.11 Å². The minimum Gasteiger partial charge on any atom is -0.465 e. The third-order valence-corrected chi connectivity index (χ3v) is 4.32. The molecule has 0 aliphatic heterocycles. The van der Waals surface area contributed by atoms with Gasteiger partial charge in [0.1, 0.15) is 11.4 Å². The van der Waals surface area contributed by atoms with Crippen LogP contribution >= 0.6 is 11.8 Å². The number of hydrogen-bond acceptors (Lipinski definition) is 6. The fraction of sp³-hybridized carbons (Fsp3) is 0.200. The fourth-order valence-electron chi connectivity index (χ4n) is 2.06. The highest BCUT2D eigenvalue weighted by Crippen LogP contribution is 2.26. The fourth-order valence-corrected chi connectivity index (χ4v) is 2.98. The largest absolute Gasteiger partial charge is 0.465 e. The summed E-state index contributed by atoms with van der Waals surface area (Å²) in [6.45, 7) is 0. The highest BCUT2D eigenvalue weighted by atomic mass is 32.2. The van der Waals surface area contributed by atoms with E-state index in [1.807, 2.05) is 19.2 Å². The van der Waals surface area contributed by atoms with Crippen molar-refractivity contribution in [2.45, 2.75) is 10.8 Å². The van der Waals surface area contributed by atoms with Gasteiger partial charge in [-0.3, -0.25) is 4.68 Å². The summed E-state index contributed by atoms with van der Waals surface area (Å²) < 4.78 is 6.41. The summed E-state index contributed by atoms with van der Waals surface area (Å²) in [6, 6.07) is 7.37. The van der Waals surface area contributed by atoms with Gasteiger partial charge in [0.2, 0.25) is 0 Å². The van der Waals surface area contributed by atoms with Gasteiger partial charge in [0.25, 0.3) is 0 Å². The quantitative estimate of drug-likeness (QED) is 0.418. The van der Waals surface area contributed by atoms with Gasteiger partial charge in [-0.15, -0.1) is 11.8 Å². The predicted molar refractivity (Wildman–Crippen MR) is 83.6 cm³/mol. The molecule has 0 bridgehead atoms. The molecule has 3 aromatic rings. The van der Waals surface area contributed by atoms with Gasteiger partial charge in [-0.25, -0.2) is 14.8 Å². The first-order valence-corrected chi connectivity index (χ1v) is 7.60. The first kappa shape index (κ1) is 14.5. The Hall–Kier alpha value is -2.41. The van der Waals surface area contributed by atoms with Crippen molar-refractivity contribution in [3.05, 3.63) is 47.9 Å². The number of methoxy groups -OCH3 is 1. The third kappa shape index (κ3) is 2.80. The Labute approximate surface area is 131 Å². The van der Waals surface area contributed by atoms with Crippen molar-refractivity contribution in [2.24, 2.45) is 7.05 Å². The summed E-state index contributed by atoms with van der Waals surface area (Å²) in [5, 5.41) is 6.05. The molecule has 0 amide bonds.